The van der Waals surface area contributed by atoms with Gasteiger partial charge in [-0.15, -0.1) is 12.4 Å². The van der Waals surface area contributed by atoms with E-state index < -0.39 is 0 Å². The Kier molecular flexibility index (Phi) is 7.12. The van der Waals surface area contributed by atoms with Crippen LogP contribution in [0.5, 0.6) is 0 Å². The van der Waals surface area contributed by atoms with Gasteiger partial charge in [0.05, 0.1) is 0 Å². The number of halogens is 2. The van der Waals surface area contributed by atoms with E-state index in [1.165, 1.54) is 12.1 Å². The molecular weight excluding hydrogens is 291 g/mol. The van der Waals surface area contributed by atoms with E-state index in [-0.39, 0.29) is 30.0 Å². The molecule has 2 unspecified atom stereocenters. The standard InChI is InChI=1S/C16H23FN2O.ClH/c1-12(5-6-13-3-2-4-15(17)9-13)16(20)19-8-7-14(10-18)11-19;/h2-4,9,12,14H,5-8,10-11,18H2,1H3;1H. The predicted molar refractivity (Wildman–Crippen MR) is 84.9 cm³/mol. The van der Waals surface area contributed by atoms with Crippen molar-refractivity contribution in [2.24, 2.45) is 17.6 Å². The SMILES string of the molecule is CC(CCc1cccc(F)c1)C(=O)N1CCC(CN)C1.Cl. The lowest BCUT2D eigenvalue weighted by molar-refractivity contribution is -0.134. The molecule has 3 nitrogen and oxygen atoms in total. The summed E-state index contributed by atoms with van der Waals surface area (Å²) in [6.45, 7) is 4.23. The molecule has 1 heterocycles. The highest BCUT2D eigenvalue weighted by Gasteiger charge is 2.27. The third-order valence-corrected chi connectivity index (χ3v) is 4.11. The van der Waals surface area contributed by atoms with Crippen LogP contribution in [0, 0.1) is 17.7 Å². The van der Waals surface area contributed by atoms with E-state index >= 15 is 0 Å². The normalized spacial score (nSPS) is 19.2. The first-order chi connectivity index (χ1) is 9.60. The molecule has 5 heteroatoms. The number of nitrogens with two attached hydrogens (primary N) is 1. The largest absolute Gasteiger partial charge is 0.342 e. The molecule has 0 aromatic heterocycles. The van der Waals surface area contributed by atoms with Gasteiger partial charge >= 0.3 is 0 Å². The minimum atomic E-state index is -0.216. The summed E-state index contributed by atoms with van der Waals surface area (Å²) in [5.74, 6) is 0.424. The molecule has 2 rings (SSSR count). The maximum atomic E-state index is 13.1. The third-order valence-electron chi connectivity index (χ3n) is 4.11. The number of benzene rings is 1. The van der Waals surface area contributed by atoms with Gasteiger partial charge in [0.15, 0.2) is 0 Å². The van der Waals surface area contributed by atoms with Gasteiger partial charge in [0, 0.05) is 19.0 Å². The Morgan fingerprint density at radius 1 is 1.52 bits per heavy atom. The number of rotatable bonds is 5. The lowest BCUT2D eigenvalue weighted by Crippen LogP contribution is -2.34. The lowest BCUT2D eigenvalue weighted by Gasteiger charge is -2.21. The molecule has 1 saturated heterocycles. The number of carbonyl (C=O) groups excluding carboxylic acids is 1. The zero-order valence-corrected chi connectivity index (χ0v) is 13.2. The number of likely N-dealkylation sites (tertiary alicyclic amines) is 1. The molecule has 2 N–H and O–H groups in total. The van der Waals surface area contributed by atoms with Crippen LogP contribution in [0.4, 0.5) is 4.39 Å². The molecule has 1 aromatic rings. The zero-order chi connectivity index (χ0) is 14.5. The molecule has 1 aliphatic rings. The minimum Gasteiger partial charge on any atom is -0.342 e. The average molecular weight is 315 g/mol. The molecule has 1 fully saturated rings. The Morgan fingerprint density at radius 2 is 2.29 bits per heavy atom. The van der Waals surface area contributed by atoms with Crippen molar-refractivity contribution < 1.29 is 9.18 Å². The van der Waals surface area contributed by atoms with E-state index in [1.807, 2.05) is 17.9 Å². The number of hydrogen-bond donors (Lipinski definition) is 1. The first-order valence-corrected chi connectivity index (χ1v) is 7.33. The van der Waals surface area contributed by atoms with Crippen LogP contribution in [-0.2, 0) is 11.2 Å². The van der Waals surface area contributed by atoms with Gasteiger partial charge in [0.2, 0.25) is 5.91 Å². The summed E-state index contributed by atoms with van der Waals surface area (Å²) >= 11 is 0. The summed E-state index contributed by atoms with van der Waals surface area (Å²) < 4.78 is 13.1. The zero-order valence-electron chi connectivity index (χ0n) is 12.4. The molecule has 2 atom stereocenters. The third kappa shape index (κ3) is 4.97. The molecule has 0 bridgehead atoms. The van der Waals surface area contributed by atoms with E-state index in [0.29, 0.717) is 12.5 Å². The molecule has 0 aliphatic carbocycles. The van der Waals surface area contributed by atoms with Crippen LogP contribution in [0.2, 0.25) is 0 Å². The van der Waals surface area contributed by atoms with Crippen LogP contribution < -0.4 is 5.73 Å². The maximum absolute atomic E-state index is 13.1. The number of nitrogens with zero attached hydrogens (tertiary/aromatic N) is 1. The Hall–Kier alpha value is -1.13. The second kappa shape index (κ2) is 8.35. The molecule has 0 radical (unpaired) electrons. The van der Waals surface area contributed by atoms with Crippen molar-refractivity contribution >= 4 is 18.3 Å². The van der Waals surface area contributed by atoms with E-state index in [4.69, 9.17) is 5.73 Å². The van der Waals surface area contributed by atoms with Crippen LogP contribution in [0.25, 0.3) is 0 Å². The van der Waals surface area contributed by atoms with E-state index in [0.717, 1.165) is 37.9 Å². The molecule has 1 aromatic carbocycles. The van der Waals surface area contributed by atoms with Crippen molar-refractivity contribution in [3.8, 4) is 0 Å². The molecule has 0 saturated carbocycles. The first-order valence-electron chi connectivity index (χ1n) is 7.33. The second-order valence-corrected chi connectivity index (χ2v) is 5.74. The monoisotopic (exact) mass is 314 g/mol. The second-order valence-electron chi connectivity index (χ2n) is 5.74. The highest BCUT2D eigenvalue weighted by atomic mass is 35.5. The van der Waals surface area contributed by atoms with Gasteiger partial charge in [-0.05, 0) is 49.4 Å². The van der Waals surface area contributed by atoms with Crippen LogP contribution in [0.15, 0.2) is 24.3 Å². The minimum absolute atomic E-state index is 0. The summed E-state index contributed by atoms with van der Waals surface area (Å²) in [6, 6.07) is 6.59. The Balaban J connectivity index is 0.00000220. The molecule has 1 amide bonds. The fraction of sp³-hybridized carbons (Fsp3) is 0.562. The van der Waals surface area contributed by atoms with Crippen LogP contribution in [0.3, 0.4) is 0 Å². The van der Waals surface area contributed by atoms with E-state index in [9.17, 15) is 9.18 Å². The molecule has 0 spiro atoms. The number of hydrogen-bond acceptors (Lipinski definition) is 2. The van der Waals surface area contributed by atoms with E-state index in [1.54, 1.807) is 6.07 Å². The van der Waals surface area contributed by atoms with Gasteiger partial charge in [0.25, 0.3) is 0 Å². The van der Waals surface area contributed by atoms with Gasteiger partial charge in [-0.3, -0.25) is 4.79 Å². The summed E-state index contributed by atoms with van der Waals surface area (Å²) in [5.41, 5.74) is 6.60. The fourth-order valence-corrected chi connectivity index (χ4v) is 2.74. The molecule has 1 aliphatic heterocycles. The topological polar surface area (TPSA) is 46.3 Å². The van der Waals surface area contributed by atoms with Crippen molar-refractivity contribution in [3.05, 3.63) is 35.6 Å². The van der Waals surface area contributed by atoms with Gasteiger partial charge in [-0.2, -0.15) is 0 Å². The van der Waals surface area contributed by atoms with E-state index in [2.05, 4.69) is 0 Å². The van der Waals surface area contributed by atoms with Crippen molar-refractivity contribution in [1.29, 1.82) is 0 Å². The number of amides is 1. The van der Waals surface area contributed by atoms with Gasteiger partial charge in [-0.1, -0.05) is 19.1 Å². The summed E-state index contributed by atoms with van der Waals surface area (Å²) in [5, 5.41) is 0. The predicted octanol–water partition coefficient (Wildman–Crippen LogP) is 2.62. The first kappa shape index (κ1) is 17.9. The number of carbonyl (C=O) groups is 1. The lowest BCUT2D eigenvalue weighted by atomic mass is 10.00. The quantitative estimate of drug-likeness (QED) is 0.908. The highest BCUT2D eigenvalue weighted by Crippen LogP contribution is 2.19. The van der Waals surface area contributed by atoms with Crippen molar-refractivity contribution in [3.63, 3.8) is 0 Å². The van der Waals surface area contributed by atoms with Gasteiger partial charge in [-0.25, -0.2) is 4.39 Å². The van der Waals surface area contributed by atoms with Crippen molar-refractivity contribution in [1.82, 2.24) is 4.90 Å². The Morgan fingerprint density at radius 3 is 2.90 bits per heavy atom. The van der Waals surface area contributed by atoms with Crippen LogP contribution >= 0.6 is 12.4 Å². The average Bonchev–Trinajstić information content (AvgIpc) is 2.93. The van der Waals surface area contributed by atoms with Gasteiger partial charge in [0.1, 0.15) is 5.82 Å². The maximum Gasteiger partial charge on any atom is 0.225 e. The van der Waals surface area contributed by atoms with Gasteiger partial charge < -0.3 is 10.6 Å². The van der Waals surface area contributed by atoms with Crippen LogP contribution in [0.1, 0.15) is 25.3 Å². The summed E-state index contributed by atoms with van der Waals surface area (Å²) in [4.78, 5) is 14.2. The highest BCUT2D eigenvalue weighted by molar-refractivity contribution is 5.85. The smallest absolute Gasteiger partial charge is 0.225 e. The van der Waals surface area contributed by atoms with Crippen molar-refractivity contribution in [2.45, 2.75) is 26.2 Å². The Labute approximate surface area is 132 Å². The Bertz CT molecular complexity index is 469. The van der Waals surface area contributed by atoms with Crippen molar-refractivity contribution in [2.75, 3.05) is 19.6 Å². The van der Waals surface area contributed by atoms with Crippen LogP contribution in [-0.4, -0.2) is 30.4 Å². The molecule has 21 heavy (non-hydrogen) atoms. The fourth-order valence-electron chi connectivity index (χ4n) is 2.74. The number of aryl methyl sites for hydroxylation is 1. The molecule has 118 valence electrons. The molecular formula is C16H24ClFN2O. The summed E-state index contributed by atoms with van der Waals surface area (Å²) in [7, 11) is 0. The summed E-state index contributed by atoms with van der Waals surface area (Å²) in [6.07, 6.45) is 2.50.